The highest BCUT2D eigenvalue weighted by atomic mass is 16.3. The molecular weight excluding hydrogens is 176 g/mol. The molecule has 14 heavy (non-hydrogen) atoms. The van der Waals surface area contributed by atoms with E-state index in [1.54, 1.807) is 0 Å². The Hall–Kier alpha value is -0.120. The van der Waals surface area contributed by atoms with E-state index in [-0.39, 0.29) is 0 Å². The quantitative estimate of drug-likeness (QED) is 0.690. The summed E-state index contributed by atoms with van der Waals surface area (Å²) in [5.74, 6) is 0. The monoisotopic (exact) mass is 200 g/mol. The van der Waals surface area contributed by atoms with E-state index in [2.05, 4.69) is 24.3 Å². The van der Waals surface area contributed by atoms with Gasteiger partial charge in [0.25, 0.3) is 0 Å². The van der Waals surface area contributed by atoms with Crippen molar-refractivity contribution in [2.75, 3.05) is 27.2 Å². The molecule has 0 unspecified atom stereocenters. The van der Waals surface area contributed by atoms with Gasteiger partial charge in [0.05, 0.1) is 5.60 Å². The highest BCUT2D eigenvalue weighted by Gasteiger charge is 2.38. The fraction of sp³-hybridized carbons (Fsp3) is 1.00. The summed E-state index contributed by atoms with van der Waals surface area (Å²) in [6.45, 7) is 5.33. The first-order valence-electron chi connectivity index (χ1n) is 5.46. The van der Waals surface area contributed by atoms with Gasteiger partial charge in [0.1, 0.15) is 0 Å². The van der Waals surface area contributed by atoms with Crippen molar-refractivity contribution in [3.63, 3.8) is 0 Å². The van der Waals surface area contributed by atoms with Crippen LogP contribution in [0, 0.1) is 0 Å². The molecule has 1 aliphatic carbocycles. The molecule has 0 aromatic heterocycles. The Morgan fingerprint density at radius 2 is 1.93 bits per heavy atom. The van der Waals surface area contributed by atoms with Gasteiger partial charge >= 0.3 is 0 Å². The molecule has 0 radical (unpaired) electrons. The number of nitrogens with zero attached hydrogens (tertiary/aromatic N) is 1. The molecule has 0 aromatic carbocycles. The van der Waals surface area contributed by atoms with E-state index in [4.69, 9.17) is 0 Å². The molecule has 0 spiro atoms. The van der Waals surface area contributed by atoms with Crippen LogP contribution in [-0.4, -0.2) is 48.3 Å². The van der Waals surface area contributed by atoms with Gasteiger partial charge in [-0.15, -0.1) is 0 Å². The van der Waals surface area contributed by atoms with Gasteiger partial charge in [-0.1, -0.05) is 0 Å². The summed E-state index contributed by atoms with van der Waals surface area (Å²) in [5, 5.41) is 12.9. The van der Waals surface area contributed by atoms with Crippen LogP contribution < -0.4 is 5.32 Å². The summed E-state index contributed by atoms with van der Waals surface area (Å²) in [5.41, 5.74) is -0.248. The fourth-order valence-corrected chi connectivity index (χ4v) is 1.97. The Kier molecular flexibility index (Phi) is 3.56. The van der Waals surface area contributed by atoms with Crippen molar-refractivity contribution in [2.24, 2.45) is 0 Å². The van der Waals surface area contributed by atoms with Crippen molar-refractivity contribution in [3.05, 3.63) is 0 Å². The second kappa shape index (κ2) is 4.17. The predicted octanol–water partition coefficient (Wildman–Crippen LogP) is 0.831. The minimum Gasteiger partial charge on any atom is -0.389 e. The maximum absolute atomic E-state index is 9.57. The number of hydrogen-bond acceptors (Lipinski definition) is 3. The SMILES string of the molecule is CN(C)C1(CNCC(C)(C)O)CCC1. The van der Waals surface area contributed by atoms with Crippen molar-refractivity contribution in [1.82, 2.24) is 10.2 Å². The van der Waals surface area contributed by atoms with Crippen LogP contribution in [0.25, 0.3) is 0 Å². The van der Waals surface area contributed by atoms with Crippen LogP contribution in [0.3, 0.4) is 0 Å². The van der Waals surface area contributed by atoms with Gasteiger partial charge in [0.15, 0.2) is 0 Å². The first kappa shape index (κ1) is 12.0. The molecule has 3 nitrogen and oxygen atoms in total. The molecule has 1 rings (SSSR count). The topological polar surface area (TPSA) is 35.5 Å². The standard InChI is InChI=1S/C11H24N2O/c1-10(2,14)8-12-9-11(13(3)4)6-5-7-11/h12,14H,5-9H2,1-4H3. The van der Waals surface area contributed by atoms with Crippen molar-refractivity contribution in [3.8, 4) is 0 Å². The normalized spacial score (nSPS) is 21.0. The van der Waals surface area contributed by atoms with Gasteiger partial charge in [-0.25, -0.2) is 0 Å². The van der Waals surface area contributed by atoms with Crippen LogP contribution in [0.1, 0.15) is 33.1 Å². The highest BCUT2D eigenvalue weighted by Crippen LogP contribution is 2.35. The van der Waals surface area contributed by atoms with Crippen LogP contribution in [0.15, 0.2) is 0 Å². The zero-order chi connectivity index (χ0) is 10.8. The second-order valence-corrected chi connectivity index (χ2v) is 5.39. The van der Waals surface area contributed by atoms with Crippen molar-refractivity contribution >= 4 is 0 Å². The van der Waals surface area contributed by atoms with E-state index in [0.717, 1.165) is 6.54 Å². The maximum Gasteiger partial charge on any atom is 0.0715 e. The average Bonchev–Trinajstić information content (AvgIpc) is 1.91. The Morgan fingerprint density at radius 3 is 2.21 bits per heavy atom. The number of hydrogen-bond donors (Lipinski definition) is 2. The third kappa shape index (κ3) is 2.94. The molecule has 0 atom stereocenters. The molecule has 1 fully saturated rings. The molecule has 1 saturated carbocycles. The summed E-state index contributed by atoms with van der Waals surface area (Å²) in [6.07, 6.45) is 3.89. The molecule has 3 heteroatoms. The Morgan fingerprint density at radius 1 is 1.36 bits per heavy atom. The van der Waals surface area contributed by atoms with E-state index >= 15 is 0 Å². The van der Waals surface area contributed by atoms with Crippen LogP contribution in [0.4, 0.5) is 0 Å². The number of likely N-dealkylation sites (N-methyl/N-ethyl adjacent to an activating group) is 1. The van der Waals surface area contributed by atoms with E-state index in [0.29, 0.717) is 12.1 Å². The lowest BCUT2D eigenvalue weighted by Crippen LogP contribution is -2.57. The van der Waals surface area contributed by atoms with Crippen LogP contribution in [-0.2, 0) is 0 Å². The summed E-state index contributed by atoms with van der Waals surface area (Å²) >= 11 is 0. The summed E-state index contributed by atoms with van der Waals surface area (Å²) in [7, 11) is 4.29. The number of nitrogens with one attached hydrogen (secondary N) is 1. The van der Waals surface area contributed by atoms with Crippen molar-refractivity contribution < 1.29 is 5.11 Å². The van der Waals surface area contributed by atoms with Crippen LogP contribution >= 0.6 is 0 Å². The van der Waals surface area contributed by atoms with Crippen LogP contribution in [0.5, 0.6) is 0 Å². The van der Waals surface area contributed by atoms with Crippen LogP contribution in [0.2, 0.25) is 0 Å². The Labute approximate surface area is 87.5 Å². The van der Waals surface area contributed by atoms with Crippen molar-refractivity contribution in [1.29, 1.82) is 0 Å². The molecule has 0 amide bonds. The molecular formula is C11H24N2O. The molecule has 0 aromatic rings. The molecule has 2 N–H and O–H groups in total. The highest BCUT2D eigenvalue weighted by molar-refractivity contribution is 4.97. The van der Waals surface area contributed by atoms with E-state index in [1.165, 1.54) is 19.3 Å². The lowest BCUT2D eigenvalue weighted by molar-refractivity contribution is 0.0420. The van der Waals surface area contributed by atoms with E-state index in [1.807, 2.05) is 13.8 Å². The molecule has 0 saturated heterocycles. The minimum absolute atomic E-state index is 0.352. The van der Waals surface area contributed by atoms with E-state index in [9.17, 15) is 5.11 Å². The first-order valence-corrected chi connectivity index (χ1v) is 5.46. The molecule has 0 bridgehead atoms. The molecule has 1 aliphatic rings. The van der Waals surface area contributed by atoms with Gasteiger partial charge in [-0.05, 0) is 47.2 Å². The third-order valence-corrected chi connectivity index (χ3v) is 3.24. The third-order valence-electron chi connectivity index (χ3n) is 3.24. The van der Waals surface area contributed by atoms with Gasteiger partial charge in [-0.2, -0.15) is 0 Å². The summed E-state index contributed by atoms with van der Waals surface area (Å²) in [4.78, 5) is 2.31. The molecule has 0 heterocycles. The van der Waals surface area contributed by atoms with Gasteiger partial charge < -0.3 is 15.3 Å². The largest absolute Gasteiger partial charge is 0.389 e. The van der Waals surface area contributed by atoms with Gasteiger partial charge in [-0.3, -0.25) is 0 Å². The fourth-order valence-electron chi connectivity index (χ4n) is 1.97. The Balaban J connectivity index is 2.29. The molecule has 0 aliphatic heterocycles. The Bertz CT molecular complexity index is 180. The zero-order valence-electron chi connectivity index (χ0n) is 9.93. The molecule has 84 valence electrons. The van der Waals surface area contributed by atoms with Gasteiger partial charge in [0.2, 0.25) is 0 Å². The number of aliphatic hydroxyl groups is 1. The maximum atomic E-state index is 9.57. The van der Waals surface area contributed by atoms with E-state index < -0.39 is 5.60 Å². The lowest BCUT2D eigenvalue weighted by atomic mass is 9.75. The summed E-state index contributed by atoms with van der Waals surface area (Å²) < 4.78 is 0. The smallest absolute Gasteiger partial charge is 0.0715 e. The van der Waals surface area contributed by atoms with Gasteiger partial charge in [0, 0.05) is 18.6 Å². The number of rotatable bonds is 5. The summed E-state index contributed by atoms with van der Waals surface area (Å²) in [6, 6.07) is 0. The second-order valence-electron chi connectivity index (χ2n) is 5.39. The zero-order valence-corrected chi connectivity index (χ0v) is 9.93. The van der Waals surface area contributed by atoms with Crippen molar-refractivity contribution in [2.45, 2.75) is 44.2 Å². The lowest BCUT2D eigenvalue weighted by Gasteiger charge is -2.47. The first-order chi connectivity index (χ1) is 6.36. The average molecular weight is 200 g/mol. The predicted molar refractivity (Wildman–Crippen MR) is 59.4 cm³/mol. The minimum atomic E-state index is -0.600.